The zero-order chi connectivity index (χ0) is 37.2. The maximum absolute atomic E-state index is 5.30. The molecule has 13 aromatic rings. The Morgan fingerprint density at radius 1 is 0.351 bits per heavy atom. The van der Waals surface area contributed by atoms with Crippen LogP contribution >= 0.6 is 0 Å². The fourth-order valence-corrected chi connectivity index (χ4v) is 9.32. The van der Waals surface area contributed by atoms with E-state index < -0.39 is 0 Å². The van der Waals surface area contributed by atoms with Crippen molar-refractivity contribution < 1.29 is 0 Å². The molecule has 7 aromatic carbocycles. The number of para-hydroxylation sites is 5. The monoisotopic (exact) mass is 727 g/mol. The van der Waals surface area contributed by atoms with Gasteiger partial charge in [-0.3, -0.25) is 13.5 Å². The van der Waals surface area contributed by atoms with Crippen LogP contribution in [0.5, 0.6) is 0 Å². The molecule has 0 N–H and O–H groups in total. The third-order valence-electron chi connectivity index (χ3n) is 11.7. The normalized spacial score (nSPS) is 12.2. The zero-order valence-electron chi connectivity index (χ0n) is 30.4. The molecule has 6 aromatic heterocycles. The Labute approximate surface area is 324 Å². The summed E-state index contributed by atoms with van der Waals surface area (Å²) in [4.78, 5) is 20.7. The zero-order valence-corrected chi connectivity index (χ0v) is 30.4. The number of rotatable bonds is 4. The molecule has 0 unspecified atom stereocenters. The summed E-state index contributed by atoms with van der Waals surface area (Å²) in [6.07, 6.45) is 1.88. The summed E-state index contributed by atoms with van der Waals surface area (Å²) in [7, 11) is 0. The molecule has 0 saturated carbocycles. The number of hydrogen-bond acceptors (Lipinski definition) is 4. The van der Waals surface area contributed by atoms with E-state index in [1.165, 1.54) is 27.2 Å². The standard InChI is InChI=1S/C50H29N7/c1-6-18-40-33(12-1)34-13-2-7-19-41(34)55(40)49-52-47(53-50(54-49)56-42-20-8-3-14-35(42)36-15-4-9-21-43(36)56)31-25-23-30(24-26-31)32-27-28-37-38-17-11-29-51-48(38)57-44-22-10-5-16-39(44)45(32)46(37)57/h1-29H. The van der Waals surface area contributed by atoms with Crippen molar-refractivity contribution in [3.8, 4) is 34.4 Å². The third-order valence-corrected chi connectivity index (χ3v) is 11.7. The minimum absolute atomic E-state index is 0.565. The molecule has 0 aliphatic rings. The van der Waals surface area contributed by atoms with Crippen LogP contribution in [0.15, 0.2) is 176 Å². The molecule has 0 saturated heterocycles. The van der Waals surface area contributed by atoms with Gasteiger partial charge in [0.15, 0.2) is 5.82 Å². The van der Waals surface area contributed by atoms with Gasteiger partial charge in [-0.15, -0.1) is 0 Å². The average molecular weight is 728 g/mol. The summed E-state index contributed by atoms with van der Waals surface area (Å²) in [6, 6.07) is 59.9. The van der Waals surface area contributed by atoms with E-state index in [4.69, 9.17) is 19.9 Å². The summed E-state index contributed by atoms with van der Waals surface area (Å²) in [5.74, 6) is 1.73. The molecule has 0 radical (unpaired) electrons. The topological polar surface area (TPSA) is 65.8 Å². The number of pyridine rings is 1. The van der Waals surface area contributed by atoms with E-state index in [0.29, 0.717) is 17.7 Å². The lowest BCUT2D eigenvalue weighted by Crippen LogP contribution is -2.10. The lowest BCUT2D eigenvalue weighted by atomic mass is 9.96. The first-order valence-corrected chi connectivity index (χ1v) is 19.2. The van der Waals surface area contributed by atoms with Gasteiger partial charge in [-0.25, -0.2) is 4.98 Å². The Balaban J connectivity index is 1.05. The van der Waals surface area contributed by atoms with Gasteiger partial charge in [0.05, 0.1) is 33.1 Å². The predicted octanol–water partition coefficient (Wildman–Crippen LogP) is 11.9. The van der Waals surface area contributed by atoms with Gasteiger partial charge in [0, 0.05) is 54.9 Å². The van der Waals surface area contributed by atoms with Gasteiger partial charge < -0.3 is 0 Å². The highest BCUT2D eigenvalue weighted by Crippen LogP contribution is 2.43. The second-order valence-electron chi connectivity index (χ2n) is 14.7. The van der Waals surface area contributed by atoms with E-state index in [9.17, 15) is 0 Å². The van der Waals surface area contributed by atoms with Crippen LogP contribution < -0.4 is 0 Å². The van der Waals surface area contributed by atoms with E-state index in [0.717, 1.165) is 71.3 Å². The molecule has 13 rings (SSSR count). The van der Waals surface area contributed by atoms with E-state index >= 15 is 0 Å². The second-order valence-corrected chi connectivity index (χ2v) is 14.7. The number of fused-ring (bicyclic) bond motifs is 12. The first kappa shape index (κ1) is 30.4. The van der Waals surface area contributed by atoms with Gasteiger partial charge in [0.1, 0.15) is 5.65 Å². The lowest BCUT2D eigenvalue weighted by Gasteiger charge is -2.13. The molecular formula is C50H29N7. The molecular weight excluding hydrogens is 699 g/mol. The minimum Gasteiger partial charge on any atom is -0.293 e. The van der Waals surface area contributed by atoms with Gasteiger partial charge in [-0.05, 0) is 53.6 Å². The van der Waals surface area contributed by atoms with Crippen molar-refractivity contribution in [1.29, 1.82) is 0 Å². The maximum Gasteiger partial charge on any atom is 0.240 e. The van der Waals surface area contributed by atoms with Crippen molar-refractivity contribution in [3.63, 3.8) is 0 Å². The highest BCUT2D eigenvalue weighted by Gasteiger charge is 2.23. The Bertz CT molecular complexity index is 3520. The average Bonchev–Trinajstić information content (AvgIpc) is 4.01. The highest BCUT2D eigenvalue weighted by molar-refractivity contribution is 6.26. The quantitative estimate of drug-likeness (QED) is 0.181. The Hall–Kier alpha value is -7.90. The van der Waals surface area contributed by atoms with Crippen molar-refractivity contribution in [1.82, 2.24) is 33.5 Å². The van der Waals surface area contributed by atoms with E-state index in [2.05, 4.69) is 177 Å². The smallest absolute Gasteiger partial charge is 0.240 e. The molecule has 0 spiro atoms. The Morgan fingerprint density at radius 3 is 1.39 bits per heavy atom. The van der Waals surface area contributed by atoms with Gasteiger partial charge in [-0.1, -0.05) is 127 Å². The van der Waals surface area contributed by atoms with E-state index in [-0.39, 0.29) is 0 Å². The highest BCUT2D eigenvalue weighted by atomic mass is 15.3. The second kappa shape index (κ2) is 11.3. The molecule has 0 amide bonds. The lowest BCUT2D eigenvalue weighted by molar-refractivity contribution is 0.893. The Morgan fingerprint density at radius 2 is 0.825 bits per heavy atom. The van der Waals surface area contributed by atoms with Crippen LogP contribution in [0.2, 0.25) is 0 Å². The molecule has 0 aliphatic carbocycles. The molecule has 7 nitrogen and oxygen atoms in total. The number of benzene rings is 7. The van der Waals surface area contributed by atoms with Gasteiger partial charge in [0.25, 0.3) is 0 Å². The van der Waals surface area contributed by atoms with Crippen LogP contribution in [-0.2, 0) is 0 Å². The number of hydrogen-bond donors (Lipinski definition) is 0. The van der Waals surface area contributed by atoms with Crippen LogP contribution in [0, 0.1) is 0 Å². The molecule has 7 heteroatoms. The van der Waals surface area contributed by atoms with E-state index in [1.54, 1.807) is 0 Å². The van der Waals surface area contributed by atoms with Crippen molar-refractivity contribution in [2.24, 2.45) is 0 Å². The first-order chi connectivity index (χ1) is 28.3. The van der Waals surface area contributed by atoms with Gasteiger partial charge in [-0.2, -0.15) is 15.0 Å². The largest absolute Gasteiger partial charge is 0.293 e. The molecule has 0 aliphatic heterocycles. The SMILES string of the molecule is c1ccc2c(c1)c1ccccc1n2-c1nc(-c2ccc(-c3ccc4c5cccnc5n5c6ccccc6c3c45)cc2)nc(-n2c3ccccc3c3ccccc32)n1. The van der Waals surface area contributed by atoms with Crippen molar-refractivity contribution in [2.75, 3.05) is 0 Å². The van der Waals surface area contributed by atoms with Gasteiger partial charge in [0.2, 0.25) is 11.9 Å². The number of nitrogens with zero attached hydrogens (tertiary/aromatic N) is 7. The summed E-state index contributed by atoms with van der Waals surface area (Å²) < 4.78 is 6.67. The third kappa shape index (κ3) is 4.14. The molecule has 6 heterocycles. The van der Waals surface area contributed by atoms with Crippen molar-refractivity contribution >= 4 is 81.8 Å². The summed E-state index contributed by atoms with van der Waals surface area (Å²) in [5, 5.41) is 9.44. The molecule has 0 atom stereocenters. The minimum atomic E-state index is 0.565. The molecule has 57 heavy (non-hydrogen) atoms. The fraction of sp³-hybridized carbons (Fsp3) is 0. The predicted molar refractivity (Wildman–Crippen MR) is 232 cm³/mol. The van der Waals surface area contributed by atoms with Crippen LogP contribution in [-0.4, -0.2) is 33.5 Å². The fourth-order valence-electron chi connectivity index (χ4n) is 9.32. The first-order valence-electron chi connectivity index (χ1n) is 19.2. The van der Waals surface area contributed by atoms with Crippen molar-refractivity contribution in [3.05, 3.63) is 176 Å². The molecule has 264 valence electrons. The van der Waals surface area contributed by atoms with E-state index in [1.807, 2.05) is 12.3 Å². The maximum atomic E-state index is 5.30. The van der Waals surface area contributed by atoms with Crippen LogP contribution in [0.4, 0.5) is 0 Å². The summed E-state index contributed by atoms with van der Waals surface area (Å²) in [6.45, 7) is 0. The van der Waals surface area contributed by atoms with Crippen LogP contribution in [0.1, 0.15) is 0 Å². The van der Waals surface area contributed by atoms with Crippen molar-refractivity contribution in [2.45, 2.75) is 0 Å². The molecule has 0 fully saturated rings. The number of aromatic nitrogens is 7. The summed E-state index contributed by atoms with van der Waals surface area (Å²) >= 11 is 0. The summed E-state index contributed by atoms with van der Waals surface area (Å²) in [5.41, 5.74) is 10.7. The van der Waals surface area contributed by atoms with Gasteiger partial charge >= 0.3 is 0 Å². The Kier molecular flexibility index (Phi) is 6.04. The van der Waals surface area contributed by atoms with Crippen LogP contribution in [0.25, 0.3) is 116 Å². The molecule has 0 bridgehead atoms. The van der Waals surface area contributed by atoms with Crippen LogP contribution in [0.3, 0.4) is 0 Å².